The van der Waals surface area contributed by atoms with Crippen LogP contribution in [0, 0.1) is 11.8 Å². The molecule has 0 amide bonds. The topological polar surface area (TPSA) is 39.1 Å². The van der Waals surface area contributed by atoms with Gasteiger partial charge in [-0.05, 0) is 30.9 Å². The average molecular weight is 265 g/mol. The number of hydrogen-bond acceptors (Lipinski definition) is 3. The molecule has 108 valence electrons. The van der Waals surface area contributed by atoms with E-state index in [-0.39, 0.29) is 0 Å². The standard InChI is InChI=1S/C15H27N3O/c1-18-9-7-15(17-18)11-14(12-16-8-10-19-2)13-5-3-4-6-13/h7,9,13-14,16H,3-6,8,10-12H2,1-2H3. The predicted octanol–water partition coefficient (Wildman–Crippen LogP) is 2.00. The number of methoxy groups -OCH3 is 1. The fraction of sp³-hybridized carbons (Fsp3) is 0.800. The van der Waals surface area contributed by atoms with Gasteiger partial charge >= 0.3 is 0 Å². The zero-order valence-electron chi connectivity index (χ0n) is 12.3. The Hall–Kier alpha value is -0.870. The van der Waals surface area contributed by atoms with E-state index >= 15 is 0 Å². The lowest BCUT2D eigenvalue weighted by molar-refractivity contribution is 0.195. The van der Waals surface area contributed by atoms with Crippen molar-refractivity contribution in [2.75, 3.05) is 26.8 Å². The van der Waals surface area contributed by atoms with Gasteiger partial charge in [0.2, 0.25) is 0 Å². The zero-order valence-corrected chi connectivity index (χ0v) is 12.3. The molecule has 1 saturated carbocycles. The average Bonchev–Trinajstić information content (AvgIpc) is 3.04. The number of aromatic nitrogens is 2. The summed E-state index contributed by atoms with van der Waals surface area (Å²) in [4.78, 5) is 0. The van der Waals surface area contributed by atoms with Crippen LogP contribution in [-0.4, -0.2) is 36.6 Å². The Balaban J connectivity index is 1.85. The lowest BCUT2D eigenvalue weighted by Crippen LogP contribution is -2.31. The van der Waals surface area contributed by atoms with Crippen molar-refractivity contribution in [2.45, 2.75) is 32.1 Å². The van der Waals surface area contributed by atoms with Gasteiger partial charge in [0.15, 0.2) is 0 Å². The van der Waals surface area contributed by atoms with Crippen LogP contribution in [0.15, 0.2) is 12.3 Å². The lowest BCUT2D eigenvalue weighted by Gasteiger charge is -2.23. The number of rotatable bonds is 8. The highest BCUT2D eigenvalue weighted by Crippen LogP contribution is 2.32. The minimum atomic E-state index is 0.717. The van der Waals surface area contributed by atoms with Gasteiger partial charge in [-0.3, -0.25) is 4.68 Å². The summed E-state index contributed by atoms with van der Waals surface area (Å²) in [5.41, 5.74) is 1.23. The van der Waals surface area contributed by atoms with E-state index in [0.29, 0.717) is 5.92 Å². The molecule has 1 aliphatic rings. The van der Waals surface area contributed by atoms with Crippen molar-refractivity contribution in [1.82, 2.24) is 15.1 Å². The van der Waals surface area contributed by atoms with Crippen molar-refractivity contribution in [3.63, 3.8) is 0 Å². The van der Waals surface area contributed by atoms with Crippen LogP contribution in [0.3, 0.4) is 0 Å². The molecule has 2 rings (SSSR count). The van der Waals surface area contributed by atoms with Crippen molar-refractivity contribution >= 4 is 0 Å². The van der Waals surface area contributed by atoms with Gasteiger partial charge in [0, 0.05) is 26.9 Å². The summed E-state index contributed by atoms with van der Waals surface area (Å²) in [5, 5.41) is 8.06. The van der Waals surface area contributed by atoms with Crippen molar-refractivity contribution in [2.24, 2.45) is 18.9 Å². The van der Waals surface area contributed by atoms with Crippen LogP contribution in [0.2, 0.25) is 0 Å². The molecule has 4 heteroatoms. The summed E-state index contributed by atoms with van der Waals surface area (Å²) in [6, 6.07) is 2.15. The molecule has 1 aromatic heterocycles. The Morgan fingerprint density at radius 1 is 1.47 bits per heavy atom. The molecule has 0 aromatic carbocycles. The molecule has 1 unspecified atom stereocenters. The maximum Gasteiger partial charge on any atom is 0.0627 e. The number of ether oxygens (including phenoxy) is 1. The molecule has 0 bridgehead atoms. The molecule has 1 aromatic rings. The van der Waals surface area contributed by atoms with E-state index in [2.05, 4.69) is 16.5 Å². The molecule has 1 heterocycles. The third-order valence-corrected chi connectivity index (χ3v) is 4.20. The van der Waals surface area contributed by atoms with Gasteiger partial charge in [0.05, 0.1) is 12.3 Å². The molecular weight excluding hydrogens is 238 g/mol. The van der Waals surface area contributed by atoms with Gasteiger partial charge in [0.1, 0.15) is 0 Å². The zero-order chi connectivity index (χ0) is 13.5. The Bertz CT molecular complexity index is 358. The molecule has 0 saturated heterocycles. The quantitative estimate of drug-likeness (QED) is 0.731. The maximum atomic E-state index is 5.09. The Kier molecular flexibility index (Phi) is 5.86. The summed E-state index contributed by atoms with van der Waals surface area (Å²) in [6.07, 6.45) is 8.74. The number of nitrogens with one attached hydrogen (secondary N) is 1. The molecular formula is C15H27N3O. The van der Waals surface area contributed by atoms with Gasteiger partial charge < -0.3 is 10.1 Å². The van der Waals surface area contributed by atoms with Crippen LogP contribution >= 0.6 is 0 Å². The minimum Gasteiger partial charge on any atom is -0.383 e. The first kappa shape index (κ1) is 14.5. The third kappa shape index (κ3) is 4.62. The van der Waals surface area contributed by atoms with Crippen molar-refractivity contribution in [3.8, 4) is 0 Å². The van der Waals surface area contributed by atoms with Gasteiger partial charge in [-0.25, -0.2) is 0 Å². The molecule has 1 fully saturated rings. The van der Waals surface area contributed by atoms with E-state index in [1.165, 1.54) is 31.4 Å². The van der Waals surface area contributed by atoms with E-state index in [1.807, 2.05) is 17.9 Å². The van der Waals surface area contributed by atoms with E-state index in [0.717, 1.165) is 32.0 Å². The normalized spacial score (nSPS) is 18.0. The Labute approximate surface area is 116 Å². The number of nitrogens with zero attached hydrogens (tertiary/aromatic N) is 2. The Morgan fingerprint density at radius 3 is 2.89 bits per heavy atom. The molecule has 19 heavy (non-hydrogen) atoms. The molecule has 0 spiro atoms. The van der Waals surface area contributed by atoms with Crippen LogP contribution < -0.4 is 5.32 Å². The molecule has 0 radical (unpaired) electrons. The fourth-order valence-electron chi connectivity index (χ4n) is 3.14. The first-order valence-electron chi connectivity index (χ1n) is 7.47. The van der Waals surface area contributed by atoms with Gasteiger partial charge in [-0.15, -0.1) is 0 Å². The van der Waals surface area contributed by atoms with Crippen LogP contribution in [0.1, 0.15) is 31.4 Å². The van der Waals surface area contributed by atoms with Crippen LogP contribution in [0.5, 0.6) is 0 Å². The number of aryl methyl sites for hydroxylation is 1. The highest BCUT2D eigenvalue weighted by molar-refractivity contribution is 5.01. The van der Waals surface area contributed by atoms with E-state index in [9.17, 15) is 0 Å². The first-order valence-corrected chi connectivity index (χ1v) is 7.47. The lowest BCUT2D eigenvalue weighted by atomic mass is 9.87. The second kappa shape index (κ2) is 7.65. The molecule has 0 aliphatic heterocycles. The Morgan fingerprint density at radius 2 is 2.26 bits per heavy atom. The summed E-state index contributed by atoms with van der Waals surface area (Å²) >= 11 is 0. The second-order valence-electron chi connectivity index (χ2n) is 5.69. The SMILES string of the molecule is COCCNCC(Cc1ccn(C)n1)C1CCCC1. The fourth-order valence-corrected chi connectivity index (χ4v) is 3.14. The van der Waals surface area contributed by atoms with Crippen LogP contribution in [0.25, 0.3) is 0 Å². The van der Waals surface area contributed by atoms with Crippen molar-refractivity contribution in [3.05, 3.63) is 18.0 Å². The van der Waals surface area contributed by atoms with E-state index in [1.54, 1.807) is 7.11 Å². The minimum absolute atomic E-state index is 0.717. The molecule has 1 N–H and O–H groups in total. The molecule has 4 nitrogen and oxygen atoms in total. The van der Waals surface area contributed by atoms with Crippen LogP contribution in [0.4, 0.5) is 0 Å². The highest BCUT2D eigenvalue weighted by Gasteiger charge is 2.25. The highest BCUT2D eigenvalue weighted by atomic mass is 16.5. The maximum absolute atomic E-state index is 5.09. The summed E-state index contributed by atoms with van der Waals surface area (Å²) in [5.74, 6) is 1.59. The van der Waals surface area contributed by atoms with Crippen molar-refractivity contribution in [1.29, 1.82) is 0 Å². The molecule has 1 aliphatic carbocycles. The van der Waals surface area contributed by atoms with Crippen LogP contribution in [-0.2, 0) is 18.2 Å². The summed E-state index contributed by atoms with van der Waals surface area (Å²) in [6.45, 7) is 2.83. The van der Waals surface area contributed by atoms with Gasteiger partial charge in [-0.2, -0.15) is 5.10 Å². The molecule has 1 atom stereocenters. The van der Waals surface area contributed by atoms with Crippen molar-refractivity contribution < 1.29 is 4.74 Å². The summed E-state index contributed by atoms with van der Waals surface area (Å²) < 4.78 is 6.99. The monoisotopic (exact) mass is 265 g/mol. The summed E-state index contributed by atoms with van der Waals surface area (Å²) in [7, 11) is 3.74. The predicted molar refractivity (Wildman–Crippen MR) is 77.1 cm³/mol. The number of hydrogen-bond donors (Lipinski definition) is 1. The van der Waals surface area contributed by atoms with E-state index in [4.69, 9.17) is 4.74 Å². The third-order valence-electron chi connectivity index (χ3n) is 4.20. The van der Waals surface area contributed by atoms with Gasteiger partial charge in [-0.1, -0.05) is 25.7 Å². The second-order valence-corrected chi connectivity index (χ2v) is 5.69. The smallest absolute Gasteiger partial charge is 0.0627 e. The first-order chi connectivity index (χ1) is 9.29. The van der Waals surface area contributed by atoms with Gasteiger partial charge in [0.25, 0.3) is 0 Å². The van der Waals surface area contributed by atoms with E-state index < -0.39 is 0 Å². The largest absolute Gasteiger partial charge is 0.383 e.